The van der Waals surface area contributed by atoms with E-state index in [1.165, 1.54) is 12.1 Å². The quantitative estimate of drug-likeness (QED) is 0.813. The summed E-state index contributed by atoms with van der Waals surface area (Å²) < 4.78 is 39.6. The Morgan fingerprint density at radius 1 is 1.33 bits per heavy atom. The van der Waals surface area contributed by atoms with Gasteiger partial charge in [-0.05, 0) is 37.5 Å². The molecule has 5 heteroatoms. The van der Waals surface area contributed by atoms with Gasteiger partial charge in [-0.15, -0.1) is 19.8 Å². The third-order valence-electron chi connectivity index (χ3n) is 2.42. The number of hydrogen-bond donors (Lipinski definition) is 1. The SMILES string of the molecule is C=C(C)CCC(N)c1ccc(OC(F)(F)F)cc1. The van der Waals surface area contributed by atoms with E-state index < -0.39 is 6.36 Å². The van der Waals surface area contributed by atoms with Crippen molar-refractivity contribution in [3.8, 4) is 5.75 Å². The van der Waals surface area contributed by atoms with Crippen molar-refractivity contribution in [1.29, 1.82) is 0 Å². The van der Waals surface area contributed by atoms with Crippen LogP contribution in [-0.4, -0.2) is 6.36 Å². The van der Waals surface area contributed by atoms with Gasteiger partial charge in [0.1, 0.15) is 5.75 Å². The van der Waals surface area contributed by atoms with Crippen molar-refractivity contribution in [2.75, 3.05) is 0 Å². The second kappa shape index (κ2) is 5.91. The molecule has 1 aromatic carbocycles. The summed E-state index contributed by atoms with van der Waals surface area (Å²) in [5.41, 5.74) is 7.73. The molecule has 0 aliphatic carbocycles. The van der Waals surface area contributed by atoms with Crippen molar-refractivity contribution in [1.82, 2.24) is 0 Å². The maximum absolute atomic E-state index is 12.0. The van der Waals surface area contributed by atoms with Crippen molar-refractivity contribution in [2.24, 2.45) is 5.73 Å². The summed E-state index contributed by atoms with van der Waals surface area (Å²) in [6.07, 6.45) is -3.15. The van der Waals surface area contributed by atoms with Gasteiger partial charge in [-0.1, -0.05) is 17.7 Å². The van der Waals surface area contributed by atoms with E-state index in [-0.39, 0.29) is 11.8 Å². The molecule has 0 spiro atoms. The van der Waals surface area contributed by atoms with Gasteiger partial charge in [0.05, 0.1) is 0 Å². The van der Waals surface area contributed by atoms with E-state index in [0.29, 0.717) is 0 Å². The molecule has 1 unspecified atom stereocenters. The van der Waals surface area contributed by atoms with E-state index in [0.717, 1.165) is 24.0 Å². The summed E-state index contributed by atoms with van der Waals surface area (Å²) in [5.74, 6) is -0.238. The molecule has 18 heavy (non-hydrogen) atoms. The molecule has 0 saturated heterocycles. The molecule has 1 aromatic rings. The molecule has 0 radical (unpaired) electrons. The molecule has 0 aromatic heterocycles. The third-order valence-corrected chi connectivity index (χ3v) is 2.42. The molecule has 1 atom stereocenters. The molecule has 1 rings (SSSR count). The minimum atomic E-state index is -4.66. The number of alkyl halides is 3. The zero-order valence-electron chi connectivity index (χ0n) is 10.1. The van der Waals surface area contributed by atoms with Crippen LogP contribution in [-0.2, 0) is 0 Å². The van der Waals surface area contributed by atoms with Crippen molar-refractivity contribution >= 4 is 0 Å². The highest BCUT2D eigenvalue weighted by molar-refractivity contribution is 5.29. The Balaban J connectivity index is 2.62. The largest absolute Gasteiger partial charge is 0.573 e. The van der Waals surface area contributed by atoms with Gasteiger partial charge < -0.3 is 10.5 Å². The van der Waals surface area contributed by atoms with E-state index in [4.69, 9.17) is 5.73 Å². The number of halogens is 3. The van der Waals surface area contributed by atoms with Crippen LogP contribution in [0.4, 0.5) is 13.2 Å². The summed E-state index contributed by atoms with van der Waals surface area (Å²) in [5, 5.41) is 0. The first-order chi connectivity index (χ1) is 8.28. The van der Waals surface area contributed by atoms with Gasteiger partial charge in [-0.3, -0.25) is 0 Å². The second-order valence-corrected chi connectivity index (χ2v) is 4.22. The van der Waals surface area contributed by atoms with Crippen molar-refractivity contribution in [3.05, 3.63) is 42.0 Å². The molecule has 0 aliphatic rings. The van der Waals surface area contributed by atoms with Crippen LogP contribution < -0.4 is 10.5 Å². The normalized spacial score (nSPS) is 13.2. The fourth-order valence-corrected chi connectivity index (χ4v) is 1.49. The van der Waals surface area contributed by atoms with Crippen molar-refractivity contribution in [2.45, 2.75) is 32.2 Å². The zero-order valence-corrected chi connectivity index (χ0v) is 10.1. The lowest BCUT2D eigenvalue weighted by atomic mass is 10.0. The molecule has 2 nitrogen and oxygen atoms in total. The Bertz CT molecular complexity index is 398. The molecule has 0 aliphatic heterocycles. The lowest BCUT2D eigenvalue weighted by Crippen LogP contribution is -2.17. The van der Waals surface area contributed by atoms with Gasteiger partial charge in [0, 0.05) is 6.04 Å². The van der Waals surface area contributed by atoms with Gasteiger partial charge in [-0.25, -0.2) is 0 Å². The monoisotopic (exact) mass is 259 g/mol. The molecule has 0 saturated carbocycles. The maximum atomic E-state index is 12.0. The highest BCUT2D eigenvalue weighted by Gasteiger charge is 2.30. The van der Waals surface area contributed by atoms with Crippen LogP contribution in [0.1, 0.15) is 31.4 Å². The third kappa shape index (κ3) is 5.23. The summed E-state index contributed by atoms with van der Waals surface area (Å²) in [7, 11) is 0. The summed E-state index contributed by atoms with van der Waals surface area (Å²) in [4.78, 5) is 0. The molecule has 2 N–H and O–H groups in total. The van der Waals surface area contributed by atoms with E-state index in [9.17, 15) is 13.2 Å². The van der Waals surface area contributed by atoms with Crippen LogP contribution in [0.3, 0.4) is 0 Å². The van der Waals surface area contributed by atoms with Crippen LogP contribution in [0.2, 0.25) is 0 Å². The predicted octanol–water partition coefficient (Wildman–Crippen LogP) is 3.94. The minimum absolute atomic E-state index is 0.207. The highest BCUT2D eigenvalue weighted by atomic mass is 19.4. The number of ether oxygens (including phenoxy) is 1. The number of rotatable bonds is 5. The van der Waals surface area contributed by atoms with Crippen LogP contribution >= 0.6 is 0 Å². The van der Waals surface area contributed by atoms with Crippen LogP contribution in [0.5, 0.6) is 5.75 Å². The molecular formula is C13H16F3NO. The summed E-state index contributed by atoms with van der Waals surface area (Å²) in [6.45, 7) is 5.68. The van der Waals surface area contributed by atoms with E-state index in [1.807, 2.05) is 6.92 Å². The first-order valence-electron chi connectivity index (χ1n) is 5.53. The van der Waals surface area contributed by atoms with E-state index in [2.05, 4.69) is 11.3 Å². The van der Waals surface area contributed by atoms with Gasteiger partial charge in [-0.2, -0.15) is 0 Å². The lowest BCUT2D eigenvalue weighted by Gasteiger charge is -2.13. The van der Waals surface area contributed by atoms with Gasteiger partial charge in [0.2, 0.25) is 0 Å². The van der Waals surface area contributed by atoms with Crippen LogP contribution in [0.25, 0.3) is 0 Å². The Morgan fingerprint density at radius 2 is 1.89 bits per heavy atom. The highest BCUT2D eigenvalue weighted by Crippen LogP contribution is 2.25. The number of benzene rings is 1. The molecule has 100 valence electrons. The lowest BCUT2D eigenvalue weighted by molar-refractivity contribution is -0.274. The molecule has 0 heterocycles. The Hall–Kier alpha value is -1.49. The minimum Gasteiger partial charge on any atom is -0.406 e. The summed E-state index contributed by atoms with van der Waals surface area (Å²) in [6, 6.07) is 5.42. The van der Waals surface area contributed by atoms with Crippen LogP contribution in [0.15, 0.2) is 36.4 Å². The van der Waals surface area contributed by atoms with Gasteiger partial charge in [0.15, 0.2) is 0 Å². The molecule has 0 fully saturated rings. The van der Waals surface area contributed by atoms with Gasteiger partial charge >= 0.3 is 6.36 Å². The average Bonchev–Trinajstić information content (AvgIpc) is 2.24. The Labute approximate surface area is 104 Å². The smallest absolute Gasteiger partial charge is 0.406 e. The topological polar surface area (TPSA) is 35.2 Å². The molecule has 0 bridgehead atoms. The first kappa shape index (κ1) is 14.6. The number of allylic oxidation sites excluding steroid dienone is 1. The molecular weight excluding hydrogens is 243 g/mol. The Kier molecular flexibility index (Phi) is 4.78. The fraction of sp³-hybridized carbons (Fsp3) is 0.385. The number of hydrogen-bond acceptors (Lipinski definition) is 2. The predicted molar refractivity (Wildman–Crippen MR) is 64.1 cm³/mol. The van der Waals surface area contributed by atoms with Crippen LogP contribution in [0, 0.1) is 0 Å². The van der Waals surface area contributed by atoms with E-state index in [1.54, 1.807) is 12.1 Å². The zero-order chi connectivity index (χ0) is 13.8. The standard InChI is InChI=1S/C13H16F3NO/c1-9(2)3-8-12(17)10-4-6-11(7-5-10)18-13(14,15)16/h4-7,12H,1,3,8,17H2,2H3. The fourth-order valence-electron chi connectivity index (χ4n) is 1.49. The maximum Gasteiger partial charge on any atom is 0.573 e. The number of nitrogens with two attached hydrogens (primary N) is 1. The summed E-state index contributed by atoms with van der Waals surface area (Å²) >= 11 is 0. The van der Waals surface area contributed by atoms with Crippen molar-refractivity contribution in [3.63, 3.8) is 0 Å². The Morgan fingerprint density at radius 3 is 2.33 bits per heavy atom. The second-order valence-electron chi connectivity index (χ2n) is 4.22. The van der Waals surface area contributed by atoms with Crippen molar-refractivity contribution < 1.29 is 17.9 Å². The van der Waals surface area contributed by atoms with Gasteiger partial charge in [0.25, 0.3) is 0 Å². The first-order valence-corrected chi connectivity index (χ1v) is 5.53. The molecule has 0 amide bonds. The van der Waals surface area contributed by atoms with E-state index >= 15 is 0 Å². The average molecular weight is 259 g/mol.